The van der Waals surface area contributed by atoms with Crippen molar-refractivity contribution in [2.45, 2.75) is 33.0 Å². The van der Waals surface area contributed by atoms with Crippen molar-refractivity contribution in [3.63, 3.8) is 0 Å². The highest BCUT2D eigenvalue weighted by Crippen LogP contribution is 2.20. The van der Waals surface area contributed by atoms with Crippen molar-refractivity contribution in [3.8, 4) is 5.75 Å². The molecule has 1 N–H and O–H groups in total. The normalized spacial score (nSPS) is 12.4. The lowest BCUT2D eigenvalue weighted by Crippen LogP contribution is -1.97. The number of hydrogen-bond acceptors (Lipinski definition) is 5. The molecule has 1 unspecified atom stereocenters. The van der Waals surface area contributed by atoms with Crippen LogP contribution in [0.1, 0.15) is 36.7 Å². The van der Waals surface area contributed by atoms with E-state index >= 15 is 0 Å². The third-order valence-electron chi connectivity index (χ3n) is 2.58. The van der Waals surface area contributed by atoms with Crippen LogP contribution in [-0.4, -0.2) is 15.2 Å². The van der Waals surface area contributed by atoms with Gasteiger partial charge in [-0.1, -0.05) is 24.2 Å². The molecule has 0 spiro atoms. The smallest absolute Gasteiger partial charge is 0.264 e. The summed E-state index contributed by atoms with van der Waals surface area (Å²) in [7, 11) is 0. The Morgan fingerprint density at radius 1 is 1.33 bits per heavy atom. The molecule has 0 aliphatic heterocycles. The largest absolute Gasteiger partial charge is 0.484 e. The fraction of sp³-hybridized carbons (Fsp3) is 0.385. The van der Waals surface area contributed by atoms with Crippen molar-refractivity contribution in [1.29, 1.82) is 0 Å². The van der Waals surface area contributed by atoms with Crippen LogP contribution in [0, 0.1) is 6.92 Å². The second kappa shape index (κ2) is 5.64. The van der Waals surface area contributed by atoms with Crippen molar-refractivity contribution < 1.29 is 14.4 Å². The van der Waals surface area contributed by atoms with Gasteiger partial charge in [0, 0.05) is 0 Å². The van der Waals surface area contributed by atoms with Gasteiger partial charge < -0.3 is 14.4 Å². The second-order valence-electron chi connectivity index (χ2n) is 4.02. The van der Waals surface area contributed by atoms with E-state index in [4.69, 9.17) is 9.26 Å². The van der Waals surface area contributed by atoms with Crippen molar-refractivity contribution in [3.05, 3.63) is 41.5 Å². The predicted octanol–water partition coefficient (Wildman–Crippen LogP) is 2.40. The van der Waals surface area contributed by atoms with Crippen LogP contribution in [0.15, 0.2) is 28.8 Å². The van der Waals surface area contributed by atoms with Crippen LogP contribution in [0.2, 0.25) is 0 Å². The van der Waals surface area contributed by atoms with Crippen molar-refractivity contribution >= 4 is 0 Å². The molecule has 96 valence electrons. The molecular weight excluding hydrogens is 232 g/mol. The van der Waals surface area contributed by atoms with E-state index < -0.39 is 6.10 Å². The van der Waals surface area contributed by atoms with E-state index in [1.165, 1.54) is 0 Å². The monoisotopic (exact) mass is 248 g/mol. The average molecular weight is 248 g/mol. The lowest BCUT2D eigenvalue weighted by Gasteiger charge is -2.09. The van der Waals surface area contributed by atoms with Crippen LogP contribution in [-0.2, 0) is 6.61 Å². The van der Waals surface area contributed by atoms with Gasteiger partial charge in [-0.25, -0.2) is 0 Å². The first-order valence-corrected chi connectivity index (χ1v) is 5.89. The Labute approximate surface area is 105 Å². The van der Waals surface area contributed by atoms with Crippen molar-refractivity contribution in [2.75, 3.05) is 0 Å². The van der Waals surface area contributed by atoms with Gasteiger partial charge in [0.2, 0.25) is 0 Å². The number of nitrogens with zero attached hydrogens (tertiary/aromatic N) is 2. The highest BCUT2D eigenvalue weighted by molar-refractivity contribution is 5.28. The van der Waals surface area contributed by atoms with E-state index in [2.05, 4.69) is 10.1 Å². The first-order chi connectivity index (χ1) is 8.69. The Morgan fingerprint density at radius 2 is 2.06 bits per heavy atom. The molecule has 1 aromatic heterocycles. The minimum atomic E-state index is -0.419. The molecule has 0 aliphatic rings. The Kier molecular flexibility index (Phi) is 3.94. The van der Waals surface area contributed by atoms with E-state index in [1.807, 2.05) is 31.2 Å². The molecule has 5 heteroatoms. The number of aryl methyl sites for hydroxylation is 1. The van der Waals surface area contributed by atoms with Gasteiger partial charge in [-0.05, 0) is 31.0 Å². The van der Waals surface area contributed by atoms with Gasteiger partial charge >= 0.3 is 0 Å². The maximum Gasteiger partial charge on any atom is 0.264 e. The van der Waals surface area contributed by atoms with Gasteiger partial charge in [0.15, 0.2) is 12.4 Å². The van der Waals surface area contributed by atoms with E-state index in [1.54, 1.807) is 6.92 Å². The zero-order valence-electron chi connectivity index (χ0n) is 10.5. The van der Waals surface area contributed by atoms with E-state index in [0.717, 1.165) is 5.56 Å². The highest BCUT2D eigenvalue weighted by atomic mass is 16.5. The molecule has 0 fully saturated rings. The molecule has 18 heavy (non-hydrogen) atoms. The van der Waals surface area contributed by atoms with Crippen LogP contribution in [0.4, 0.5) is 0 Å². The van der Waals surface area contributed by atoms with Gasteiger partial charge in [-0.15, -0.1) is 0 Å². The Balaban J connectivity index is 1.94. The molecule has 0 radical (unpaired) electrons. The van der Waals surface area contributed by atoms with Crippen molar-refractivity contribution in [1.82, 2.24) is 10.1 Å². The highest BCUT2D eigenvalue weighted by Gasteiger charge is 2.06. The first kappa shape index (κ1) is 12.6. The lowest BCUT2D eigenvalue weighted by molar-refractivity contribution is 0.173. The van der Waals surface area contributed by atoms with Crippen molar-refractivity contribution in [2.24, 2.45) is 0 Å². The van der Waals surface area contributed by atoms with E-state index in [-0.39, 0.29) is 6.61 Å². The molecule has 1 heterocycles. The van der Waals surface area contributed by atoms with Crippen LogP contribution in [0.25, 0.3) is 0 Å². The predicted molar refractivity (Wildman–Crippen MR) is 65.1 cm³/mol. The summed E-state index contributed by atoms with van der Waals surface area (Å²) >= 11 is 0. The van der Waals surface area contributed by atoms with Crippen LogP contribution >= 0.6 is 0 Å². The molecule has 2 rings (SSSR count). The zero-order valence-corrected chi connectivity index (χ0v) is 10.5. The molecule has 2 aromatic rings. The number of benzene rings is 1. The lowest BCUT2D eigenvalue weighted by atomic mass is 10.1. The second-order valence-corrected chi connectivity index (χ2v) is 4.02. The van der Waals surface area contributed by atoms with Gasteiger partial charge in [-0.3, -0.25) is 0 Å². The fourth-order valence-electron chi connectivity index (χ4n) is 1.57. The quantitative estimate of drug-likeness (QED) is 0.879. The molecule has 0 saturated carbocycles. The summed E-state index contributed by atoms with van der Waals surface area (Å²) in [6, 6.07) is 7.33. The van der Waals surface area contributed by atoms with Gasteiger partial charge in [0.1, 0.15) is 5.75 Å². The number of hydrogen-bond donors (Lipinski definition) is 1. The Hall–Kier alpha value is -1.88. The Bertz CT molecular complexity index is 493. The maximum absolute atomic E-state index is 9.66. The van der Waals surface area contributed by atoms with Crippen LogP contribution in [0.3, 0.4) is 0 Å². The van der Waals surface area contributed by atoms with E-state index in [0.29, 0.717) is 23.9 Å². The topological polar surface area (TPSA) is 68.4 Å². The molecule has 1 aromatic carbocycles. The number of rotatable bonds is 5. The number of ether oxygens (including phenoxy) is 1. The SMILES string of the molecule is CCC(O)c1ccc(OCc2nc(C)no2)cc1. The zero-order chi connectivity index (χ0) is 13.0. The van der Waals surface area contributed by atoms with Crippen LogP contribution in [0.5, 0.6) is 5.75 Å². The Morgan fingerprint density at radius 3 is 2.61 bits per heavy atom. The summed E-state index contributed by atoms with van der Waals surface area (Å²) in [6.45, 7) is 3.94. The van der Waals surface area contributed by atoms with Gasteiger partial charge in [0.25, 0.3) is 5.89 Å². The fourth-order valence-corrected chi connectivity index (χ4v) is 1.57. The summed E-state index contributed by atoms with van der Waals surface area (Å²) < 4.78 is 10.4. The summed E-state index contributed by atoms with van der Waals surface area (Å²) in [5.41, 5.74) is 0.887. The number of aliphatic hydroxyl groups is 1. The maximum atomic E-state index is 9.66. The molecule has 1 atom stereocenters. The van der Waals surface area contributed by atoms with Gasteiger partial charge in [-0.2, -0.15) is 4.98 Å². The molecular formula is C13H16N2O3. The molecule has 5 nitrogen and oxygen atoms in total. The third-order valence-corrected chi connectivity index (χ3v) is 2.58. The number of aromatic nitrogens is 2. The minimum absolute atomic E-state index is 0.247. The molecule has 0 bridgehead atoms. The minimum Gasteiger partial charge on any atom is -0.484 e. The van der Waals surface area contributed by atoms with Crippen LogP contribution < -0.4 is 4.74 Å². The summed E-state index contributed by atoms with van der Waals surface area (Å²) in [5, 5.41) is 13.3. The number of aliphatic hydroxyl groups excluding tert-OH is 1. The van der Waals surface area contributed by atoms with E-state index in [9.17, 15) is 5.11 Å². The summed E-state index contributed by atoms with van der Waals surface area (Å²) in [6.07, 6.45) is 0.277. The standard InChI is InChI=1S/C13H16N2O3/c1-3-12(16)10-4-6-11(7-5-10)17-8-13-14-9(2)15-18-13/h4-7,12,16H,3,8H2,1-2H3. The third kappa shape index (κ3) is 3.07. The average Bonchev–Trinajstić information content (AvgIpc) is 2.82. The summed E-state index contributed by atoms with van der Waals surface area (Å²) in [4.78, 5) is 4.04. The summed E-state index contributed by atoms with van der Waals surface area (Å²) in [5.74, 6) is 1.75. The molecule has 0 saturated heterocycles. The molecule has 0 aliphatic carbocycles. The molecule has 0 amide bonds. The first-order valence-electron chi connectivity index (χ1n) is 5.89. The van der Waals surface area contributed by atoms with Gasteiger partial charge in [0.05, 0.1) is 6.10 Å².